The summed E-state index contributed by atoms with van der Waals surface area (Å²) in [6.45, 7) is 0.333. The molecule has 0 saturated carbocycles. The Hall–Kier alpha value is -1.89. The largest absolute Gasteiger partial charge is 0.416 e. The van der Waals surface area contributed by atoms with Crippen LogP contribution in [-0.4, -0.2) is 16.7 Å². The molecule has 6 heteroatoms. The van der Waals surface area contributed by atoms with Crippen LogP contribution in [0.3, 0.4) is 0 Å². The first-order valence-electron chi connectivity index (χ1n) is 10.6. The second-order valence-corrected chi connectivity index (χ2v) is 7.56. The van der Waals surface area contributed by atoms with E-state index in [-0.39, 0.29) is 0 Å². The SMILES string of the molecule is CCCCCCCCCC(OC(O)O)c1ccc(-c2ccc(C(F)(F)F)cc2)cc1. The zero-order valence-electron chi connectivity index (χ0n) is 17.4. The number of rotatable bonds is 12. The lowest BCUT2D eigenvalue weighted by Crippen LogP contribution is -2.15. The van der Waals surface area contributed by atoms with E-state index in [1.165, 1.54) is 37.8 Å². The minimum Gasteiger partial charge on any atom is -0.346 e. The zero-order valence-corrected chi connectivity index (χ0v) is 17.4. The maximum Gasteiger partial charge on any atom is 0.416 e. The first kappa shape index (κ1) is 24.4. The normalized spacial score (nSPS) is 13.0. The van der Waals surface area contributed by atoms with Crippen molar-refractivity contribution >= 4 is 0 Å². The topological polar surface area (TPSA) is 49.7 Å². The summed E-state index contributed by atoms with van der Waals surface area (Å²) in [4.78, 5) is 0. The van der Waals surface area contributed by atoms with Gasteiger partial charge in [0, 0.05) is 0 Å². The number of ether oxygens (including phenoxy) is 1. The van der Waals surface area contributed by atoms with Crippen LogP contribution in [0.4, 0.5) is 13.2 Å². The quantitative estimate of drug-likeness (QED) is 0.290. The lowest BCUT2D eigenvalue weighted by atomic mass is 9.98. The Morgan fingerprint density at radius 3 is 1.77 bits per heavy atom. The van der Waals surface area contributed by atoms with Crippen molar-refractivity contribution < 1.29 is 28.1 Å². The van der Waals surface area contributed by atoms with Gasteiger partial charge >= 0.3 is 6.18 Å². The third-order valence-electron chi connectivity index (χ3n) is 5.18. The standard InChI is InChI=1S/C24H31F3O3/c1-2-3-4-5-6-7-8-9-22(30-23(28)29)20-12-10-18(11-13-20)19-14-16-21(17-15-19)24(25,26)27/h10-17,22-23,28-29H,2-9H2,1H3. The first-order chi connectivity index (χ1) is 14.3. The number of unbranched alkanes of at least 4 members (excludes halogenated alkanes) is 6. The summed E-state index contributed by atoms with van der Waals surface area (Å²) in [5, 5.41) is 18.5. The van der Waals surface area contributed by atoms with Gasteiger partial charge < -0.3 is 14.9 Å². The lowest BCUT2D eigenvalue weighted by Gasteiger charge is -2.20. The molecule has 0 bridgehead atoms. The molecule has 0 saturated heterocycles. The maximum absolute atomic E-state index is 12.7. The van der Waals surface area contributed by atoms with Gasteiger partial charge in [-0.1, -0.05) is 88.3 Å². The van der Waals surface area contributed by atoms with Crippen molar-refractivity contribution in [2.75, 3.05) is 0 Å². The molecule has 2 N–H and O–H groups in total. The van der Waals surface area contributed by atoms with E-state index in [2.05, 4.69) is 6.92 Å². The molecule has 0 amide bonds. The van der Waals surface area contributed by atoms with Crippen molar-refractivity contribution in [1.82, 2.24) is 0 Å². The molecule has 0 heterocycles. The second kappa shape index (κ2) is 12.1. The molecule has 166 valence electrons. The Morgan fingerprint density at radius 2 is 1.27 bits per heavy atom. The van der Waals surface area contributed by atoms with Crippen molar-refractivity contribution in [3.63, 3.8) is 0 Å². The van der Waals surface area contributed by atoms with Gasteiger partial charge in [-0.3, -0.25) is 0 Å². The van der Waals surface area contributed by atoms with E-state index in [1.807, 2.05) is 24.3 Å². The Morgan fingerprint density at radius 1 is 0.767 bits per heavy atom. The van der Waals surface area contributed by atoms with Crippen LogP contribution in [0, 0.1) is 0 Å². The average molecular weight is 425 g/mol. The molecule has 1 atom stereocenters. The van der Waals surface area contributed by atoms with E-state index < -0.39 is 24.3 Å². The monoisotopic (exact) mass is 424 g/mol. The Kier molecular flexibility index (Phi) is 9.82. The van der Waals surface area contributed by atoms with Gasteiger partial charge in [0.1, 0.15) is 0 Å². The highest BCUT2D eigenvalue weighted by Crippen LogP contribution is 2.32. The van der Waals surface area contributed by atoms with Gasteiger partial charge in [-0.05, 0) is 35.2 Å². The molecule has 0 radical (unpaired) electrons. The molecule has 0 aliphatic carbocycles. The second-order valence-electron chi connectivity index (χ2n) is 7.56. The third kappa shape index (κ3) is 8.09. The Labute approximate surface area is 176 Å². The highest BCUT2D eigenvalue weighted by atomic mass is 19.4. The molecular weight excluding hydrogens is 393 g/mol. The number of hydrogen-bond acceptors (Lipinski definition) is 3. The Balaban J connectivity index is 1.97. The van der Waals surface area contributed by atoms with Crippen LogP contribution < -0.4 is 0 Å². The van der Waals surface area contributed by atoms with Crippen LogP contribution in [0.5, 0.6) is 0 Å². The molecule has 3 nitrogen and oxygen atoms in total. The summed E-state index contributed by atoms with van der Waals surface area (Å²) in [6.07, 6.45) is 3.95. The molecule has 2 rings (SSSR count). The smallest absolute Gasteiger partial charge is 0.346 e. The number of hydrogen-bond donors (Lipinski definition) is 2. The highest BCUT2D eigenvalue weighted by molar-refractivity contribution is 5.64. The van der Waals surface area contributed by atoms with E-state index in [1.54, 1.807) is 0 Å². The van der Waals surface area contributed by atoms with Gasteiger partial charge in [0.05, 0.1) is 11.7 Å². The molecule has 2 aromatic carbocycles. The van der Waals surface area contributed by atoms with Crippen LogP contribution in [0.15, 0.2) is 48.5 Å². The molecule has 0 aromatic heterocycles. The van der Waals surface area contributed by atoms with Gasteiger partial charge in [0.15, 0.2) is 0 Å². The van der Waals surface area contributed by atoms with Gasteiger partial charge in [-0.15, -0.1) is 0 Å². The highest BCUT2D eigenvalue weighted by Gasteiger charge is 2.30. The maximum atomic E-state index is 12.7. The molecule has 1 unspecified atom stereocenters. The fraction of sp³-hybridized carbons (Fsp3) is 0.500. The summed E-state index contributed by atoms with van der Waals surface area (Å²) in [5.41, 5.74) is 1.60. The van der Waals surface area contributed by atoms with Crippen LogP contribution in [0.2, 0.25) is 0 Å². The summed E-state index contributed by atoms with van der Waals surface area (Å²) in [5.74, 6) is 0. The molecule has 0 spiro atoms. The summed E-state index contributed by atoms with van der Waals surface area (Å²) in [7, 11) is 0. The van der Waals surface area contributed by atoms with Crippen molar-refractivity contribution in [2.45, 2.75) is 77.0 Å². The van der Waals surface area contributed by atoms with Crippen LogP contribution in [0.25, 0.3) is 11.1 Å². The molecule has 30 heavy (non-hydrogen) atoms. The van der Waals surface area contributed by atoms with Gasteiger partial charge in [0.25, 0.3) is 6.48 Å². The molecule has 2 aromatic rings. The van der Waals surface area contributed by atoms with Crippen LogP contribution in [0.1, 0.15) is 75.5 Å². The predicted octanol–water partition coefficient (Wildman–Crippen LogP) is 6.84. The van der Waals surface area contributed by atoms with E-state index in [0.29, 0.717) is 12.0 Å². The Bertz CT molecular complexity index is 725. The van der Waals surface area contributed by atoms with Crippen LogP contribution >= 0.6 is 0 Å². The van der Waals surface area contributed by atoms with Crippen molar-refractivity contribution in [3.05, 3.63) is 59.7 Å². The van der Waals surface area contributed by atoms with Gasteiger partial charge in [-0.25, -0.2) is 0 Å². The zero-order chi connectivity index (χ0) is 22.0. The average Bonchev–Trinajstić information content (AvgIpc) is 2.71. The van der Waals surface area contributed by atoms with E-state index in [0.717, 1.165) is 42.5 Å². The predicted molar refractivity (Wildman–Crippen MR) is 112 cm³/mol. The summed E-state index contributed by atoms with van der Waals surface area (Å²) < 4.78 is 43.4. The summed E-state index contributed by atoms with van der Waals surface area (Å²) in [6, 6.07) is 12.3. The summed E-state index contributed by atoms with van der Waals surface area (Å²) >= 11 is 0. The minimum absolute atomic E-state index is 0.442. The minimum atomic E-state index is -4.35. The van der Waals surface area contributed by atoms with Crippen molar-refractivity contribution in [3.8, 4) is 11.1 Å². The number of benzene rings is 2. The molecular formula is C24H31F3O3. The van der Waals surface area contributed by atoms with Gasteiger partial charge in [0.2, 0.25) is 0 Å². The van der Waals surface area contributed by atoms with E-state index in [9.17, 15) is 23.4 Å². The molecule has 0 aliphatic rings. The number of alkyl halides is 3. The number of aliphatic hydroxyl groups excluding tert-OH is 1. The number of halogens is 3. The van der Waals surface area contributed by atoms with E-state index >= 15 is 0 Å². The number of aliphatic hydroxyl groups is 2. The fourth-order valence-corrected chi connectivity index (χ4v) is 3.49. The molecule has 0 aliphatic heterocycles. The van der Waals surface area contributed by atoms with E-state index in [4.69, 9.17) is 4.74 Å². The molecule has 0 fully saturated rings. The lowest BCUT2D eigenvalue weighted by molar-refractivity contribution is -0.259. The fourth-order valence-electron chi connectivity index (χ4n) is 3.49. The first-order valence-corrected chi connectivity index (χ1v) is 10.6. The van der Waals surface area contributed by atoms with Crippen molar-refractivity contribution in [1.29, 1.82) is 0 Å². The van der Waals surface area contributed by atoms with Crippen LogP contribution in [-0.2, 0) is 10.9 Å². The van der Waals surface area contributed by atoms with Crippen molar-refractivity contribution in [2.24, 2.45) is 0 Å². The third-order valence-corrected chi connectivity index (χ3v) is 5.18. The van der Waals surface area contributed by atoms with Gasteiger partial charge in [-0.2, -0.15) is 13.2 Å².